The van der Waals surface area contributed by atoms with Gasteiger partial charge in [-0.1, -0.05) is 42.5 Å². The first-order chi connectivity index (χ1) is 14.1. The second-order valence-corrected chi connectivity index (χ2v) is 7.57. The van der Waals surface area contributed by atoms with E-state index in [0.29, 0.717) is 32.6 Å². The minimum Gasteiger partial charge on any atom is -0.493 e. The van der Waals surface area contributed by atoms with E-state index in [0.717, 1.165) is 18.6 Å². The molecule has 0 bridgehead atoms. The number of aliphatic hydroxyl groups is 1. The van der Waals surface area contributed by atoms with Gasteiger partial charge in [0.25, 0.3) is 0 Å². The Morgan fingerprint density at radius 2 is 1.79 bits per heavy atom. The molecule has 5 heteroatoms. The van der Waals surface area contributed by atoms with Crippen LogP contribution in [0.4, 0.5) is 4.79 Å². The summed E-state index contributed by atoms with van der Waals surface area (Å²) in [6, 6.07) is 16.5. The molecule has 1 aliphatic rings. The zero-order valence-corrected chi connectivity index (χ0v) is 17.3. The van der Waals surface area contributed by atoms with Gasteiger partial charge in [-0.2, -0.15) is 0 Å². The summed E-state index contributed by atoms with van der Waals surface area (Å²) in [4.78, 5) is 13.7. The number of carbonyl (C=O) groups excluding carboxylic acids is 1. The van der Waals surface area contributed by atoms with Crippen molar-refractivity contribution in [2.75, 3.05) is 19.8 Å². The number of β-amino-alcohol motifs (C(OH)–C–C–N with tert-alkyl or cyclic N) is 1. The number of likely N-dealkylation sites (tertiary alicyclic amines) is 1. The fourth-order valence-corrected chi connectivity index (χ4v) is 3.91. The van der Waals surface area contributed by atoms with Crippen molar-refractivity contribution in [3.63, 3.8) is 0 Å². The van der Waals surface area contributed by atoms with Crippen LogP contribution in [0.3, 0.4) is 0 Å². The van der Waals surface area contributed by atoms with Gasteiger partial charge in [-0.05, 0) is 55.9 Å². The number of rotatable bonds is 8. The van der Waals surface area contributed by atoms with Gasteiger partial charge in [0.2, 0.25) is 0 Å². The largest absolute Gasteiger partial charge is 0.493 e. The van der Waals surface area contributed by atoms with Crippen LogP contribution in [0.1, 0.15) is 36.5 Å². The van der Waals surface area contributed by atoms with E-state index in [4.69, 9.17) is 9.47 Å². The maximum atomic E-state index is 12.1. The number of hydrogen-bond acceptors (Lipinski definition) is 4. The van der Waals surface area contributed by atoms with Gasteiger partial charge in [-0.3, -0.25) is 0 Å². The first-order valence-corrected chi connectivity index (χ1v) is 10.4. The maximum absolute atomic E-state index is 12.1. The standard InChI is InChI=1S/C24H31NO4/c1-3-28-24(27)25-17-22(26)16-21(25)14-15-29-23-11-7-6-10-20(23)13-12-19-9-5-4-8-18(19)2/h4-11,21-22,26H,3,12-17H2,1-2H3/t21-,22-/m1/s1. The topological polar surface area (TPSA) is 59.0 Å². The van der Waals surface area contributed by atoms with Crippen molar-refractivity contribution in [3.05, 3.63) is 65.2 Å². The monoisotopic (exact) mass is 397 g/mol. The van der Waals surface area contributed by atoms with Crippen molar-refractivity contribution in [3.8, 4) is 5.75 Å². The minimum atomic E-state index is -0.495. The Hall–Kier alpha value is -2.53. The first-order valence-electron chi connectivity index (χ1n) is 10.4. The summed E-state index contributed by atoms with van der Waals surface area (Å²) in [5.74, 6) is 0.891. The van der Waals surface area contributed by atoms with E-state index >= 15 is 0 Å². The van der Waals surface area contributed by atoms with Crippen LogP contribution >= 0.6 is 0 Å². The Kier molecular flexibility index (Phi) is 7.53. The minimum absolute atomic E-state index is 0.0526. The summed E-state index contributed by atoms with van der Waals surface area (Å²) in [5.41, 5.74) is 3.85. The molecule has 0 aromatic heterocycles. The van der Waals surface area contributed by atoms with E-state index in [1.54, 1.807) is 11.8 Å². The zero-order chi connectivity index (χ0) is 20.6. The Bertz CT molecular complexity index is 807. The van der Waals surface area contributed by atoms with Crippen LogP contribution in [-0.4, -0.2) is 48.0 Å². The molecule has 1 amide bonds. The van der Waals surface area contributed by atoms with Gasteiger partial charge in [0, 0.05) is 12.5 Å². The van der Waals surface area contributed by atoms with Crippen molar-refractivity contribution < 1.29 is 19.4 Å². The van der Waals surface area contributed by atoms with Crippen molar-refractivity contribution in [1.82, 2.24) is 4.90 Å². The van der Waals surface area contributed by atoms with Gasteiger partial charge in [-0.25, -0.2) is 4.79 Å². The molecule has 5 nitrogen and oxygen atoms in total. The average molecular weight is 398 g/mol. The van der Waals surface area contributed by atoms with Gasteiger partial charge < -0.3 is 19.5 Å². The molecule has 0 aliphatic carbocycles. The Labute approximate surface area is 173 Å². The van der Waals surface area contributed by atoms with Crippen LogP contribution in [0.5, 0.6) is 5.75 Å². The molecule has 29 heavy (non-hydrogen) atoms. The van der Waals surface area contributed by atoms with Crippen molar-refractivity contribution in [1.29, 1.82) is 0 Å². The maximum Gasteiger partial charge on any atom is 0.410 e. The van der Waals surface area contributed by atoms with E-state index in [2.05, 4.69) is 37.3 Å². The SMILES string of the molecule is CCOC(=O)N1C[C@H](O)C[C@H]1CCOc1ccccc1CCc1ccccc1C. The lowest BCUT2D eigenvalue weighted by molar-refractivity contribution is 0.0941. The molecule has 1 saturated heterocycles. The van der Waals surface area contributed by atoms with E-state index in [1.807, 2.05) is 18.2 Å². The summed E-state index contributed by atoms with van der Waals surface area (Å²) in [6.07, 6.45) is 2.27. The normalized spacial score (nSPS) is 18.7. The van der Waals surface area contributed by atoms with Crippen molar-refractivity contribution >= 4 is 6.09 Å². The van der Waals surface area contributed by atoms with Crippen LogP contribution in [0.15, 0.2) is 48.5 Å². The summed E-state index contributed by atoms with van der Waals surface area (Å²) in [5, 5.41) is 9.96. The van der Waals surface area contributed by atoms with Crippen LogP contribution in [0.25, 0.3) is 0 Å². The number of benzene rings is 2. The average Bonchev–Trinajstić information content (AvgIpc) is 3.09. The van der Waals surface area contributed by atoms with E-state index in [9.17, 15) is 9.90 Å². The predicted molar refractivity (Wildman–Crippen MR) is 113 cm³/mol. The molecule has 1 aliphatic heterocycles. The van der Waals surface area contributed by atoms with Crippen LogP contribution < -0.4 is 4.74 Å². The second kappa shape index (κ2) is 10.3. The van der Waals surface area contributed by atoms with Gasteiger partial charge in [0.05, 0.1) is 25.9 Å². The molecule has 0 unspecified atom stereocenters. The van der Waals surface area contributed by atoms with Crippen LogP contribution in [-0.2, 0) is 17.6 Å². The summed E-state index contributed by atoms with van der Waals surface area (Å²) in [7, 11) is 0. The highest BCUT2D eigenvalue weighted by molar-refractivity contribution is 5.68. The molecule has 3 rings (SSSR count). The highest BCUT2D eigenvalue weighted by Gasteiger charge is 2.34. The summed E-state index contributed by atoms with van der Waals surface area (Å²) in [6.45, 7) is 5.09. The van der Waals surface area contributed by atoms with E-state index < -0.39 is 6.10 Å². The number of aliphatic hydroxyl groups excluding tert-OH is 1. The summed E-state index contributed by atoms with van der Waals surface area (Å²) < 4.78 is 11.2. The third kappa shape index (κ3) is 5.73. The van der Waals surface area contributed by atoms with Gasteiger partial charge in [0.15, 0.2) is 0 Å². The third-order valence-corrected chi connectivity index (χ3v) is 5.50. The van der Waals surface area contributed by atoms with E-state index in [1.165, 1.54) is 16.7 Å². The lowest BCUT2D eigenvalue weighted by Crippen LogP contribution is -2.37. The van der Waals surface area contributed by atoms with Gasteiger partial charge >= 0.3 is 6.09 Å². The first kappa shape index (κ1) is 21.2. The molecular formula is C24H31NO4. The highest BCUT2D eigenvalue weighted by atomic mass is 16.6. The molecule has 2 aromatic carbocycles. The number of amides is 1. The second-order valence-electron chi connectivity index (χ2n) is 7.57. The Morgan fingerprint density at radius 3 is 2.55 bits per heavy atom. The summed E-state index contributed by atoms with van der Waals surface area (Å²) >= 11 is 0. The molecule has 2 aromatic rings. The molecule has 0 spiro atoms. The fraction of sp³-hybridized carbons (Fsp3) is 0.458. The molecule has 1 fully saturated rings. The number of aryl methyl sites for hydroxylation is 3. The number of para-hydroxylation sites is 1. The lowest BCUT2D eigenvalue weighted by Gasteiger charge is -2.23. The van der Waals surface area contributed by atoms with Crippen molar-refractivity contribution in [2.45, 2.75) is 51.7 Å². The van der Waals surface area contributed by atoms with Crippen LogP contribution in [0, 0.1) is 6.92 Å². The smallest absolute Gasteiger partial charge is 0.410 e. The molecule has 2 atom stereocenters. The number of carbonyl (C=O) groups is 1. The lowest BCUT2D eigenvalue weighted by atomic mass is 10.0. The van der Waals surface area contributed by atoms with E-state index in [-0.39, 0.29) is 12.1 Å². The molecule has 1 heterocycles. The molecule has 1 N–H and O–H groups in total. The molecular weight excluding hydrogens is 366 g/mol. The number of ether oxygens (including phenoxy) is 2. The van der Waals surface area contributed by atoms with Gasteiger partial charge in [0.1, 0.15) is 5.75 Å². The van der Waals surface area contributed by atoms with Gasteiger partial charge in [-0.15, -0.1) is 0 Å². The molecule has 0 radical (unpaired) electrons. The van der Waals surface area contributed by atoms with Crippen molar-refractivity contribution in [2.24, 2.45) is 0 Å². The third-order valence-electron chi connectivity index (χ3n) is 5.50. The number of nitrogens with zero attached hydrogens (tertiary/aromatic N) is 1. The predicted octanol–water partition coefficient (Wildman–Crippen LogP) is 4.14. The molecule has 0 saturated carbocycles. The Morgan fingerprint density at radius 1 is 1.10 bits per heavy atom. The molecule has 156 valence electrons. The van der Waals surface area contributed by atoms with Crippen LogP contribution in [0.2, 0.25) is 0 Å². The quantitative estimate of drug-likeness (QED) is 0.727. The Balaban J connectivity index is 1.55. The zero-order valence-electron chi connectivity index (χ0n) is 17.3. The fourth-order valence-electron chi connectivity index (χ4n) is 3.91. The number of hydrogen-bond donors (Lipinski definition) is 1. The highest BCUT2D eigenvalue weighted by Crippen LogP contribution is 2.24.